The summed E-state index contributed by atoms with van der Waals surface area (Å²) in [4.78, 5) is 4.11. The normalized spacial score (nSPS) is 10.3. The Morgan fingerprint density at radius 1 is 1.18 bits per heavy atom. The zero-order chi connectivity index (χ0) is 12.4. The second kappa shape index (κ2) is 4.82. The van der Waals surface area contributed by atoms with Crippen molar-refractivity contribution in [3.05, 3.63) is 46.1 Å². The van der Waals surface area contributed by atoms with Crippen LogP contribution in [0.5, 0.6) is 0 Å². The summed E-state index contributed by atoms with van der Waals surface area (Å²) in [6.07, 6.45) is 0. The molecule has 0 saturated carbocycles. The van der Waals surface area contributed by atoms with Gasteiger partial charge in [-0.15, -0.1) is 0 Å². The average Bonchev–Trinajstić information content (AvgIpc) is 2.21. The zero-order valence-electron chi connectivity index (χ0n) is 9.17. The minimum absolute atomic E-state index is 0.343. The lowest BCUT2D eigenvalue weighted by atomic mass is 10.2. The molecule has 0 radical (unpaired) electrons. The standard InChI is InChI=1S/C12H11Cl2N3/c1-7-2-3-10(9(13)4-7)16-12-6-8(15)5-11(14)17-12/h2-6H,1H3,(H3,15,16,17). The molecule has 17 heavy (non-hydrogen) atoms. The van der Waals surface area contributed by atoms with Crippen LogP contribution in [0.2, 0.25) is 10.2 Å². The summed E-state index contributed by atoms with van der Waals surface area (Å²) in [5, 5.41) is 4.05. The van der Waals surface area contributed by atoms with Gasteiger partial charge in [0.15, 0.2) is 0 Å². The number of nitrogen functional groups attached to an aromatic ring is 1. The molecule has 1 aromatic heterocycles. The fraction of sp³-hybridized carbons (Fsp3) is 0.0833. The lowest BCUT2D eigenvalue weighted by molar-refractivity contribution is 1.31. The Bertz CT molecular complexity index is 535. The SMILES string of the molecule is Cc1ccc(Nc2cc(N)cc(Cl)n2)c(Cl)c1. The molecule has 0 spiro atoms. The van der Waals surface area contributed by atoms with E-state index in [0.717, 1.165) is 11.3 Å². The molecule has 2 rings (SSSR count). The summed E-state index contributed by atoms with van der Waals surface area (Å²) >= 11 is 11.9. The molecule has 0 fully saturated rings. The molecule has 1 heterocycles. The van der Waals surface area contributed by atoms with Gasteiger partial charge in [-0.2, -0.15) is 0 Å². The summed E-state index contributed by atoms with van der Waals surface area (Å²) in [5.41, 5.74) is 8.10. The highest BCUT2D eigenvalue weighted by Gasteiger charge is 2.03. The third-order valence-electron chi connectivity index (χ3n) is 2.20. The summed E-state index contributed by atoms with van der Waals surface area (Å²) in [6, 6.07) is 9.00. The van der Waals surface area contributed by atoms with Crippen LogP contribution in [0.15, 0.2) is 30.3 Å². The number of pyridine rings is 1. The van der Waals surface area contributed by atoms with E-state index < -0.39 is 0 Å². The summed E-state index contributed by atoms with van der Waals surface area (Å²) in [5.74, 6) is 0.570. The van der Waals surface area contributed by atoms with Gasteiger partial charge >= 0.3 is 0 Å². The van der Waals surface area contributed by atoms with Crippen molar-refractivity contribution in [3.63, 3.8) is 0 Å². The third-order valence-corrected chi connectivity index (χ3v) is 2.71. The third kappa shape index (κ3) is 3.02. The van der Waals surface area contributed by atoms with Crippen LogP contribution in [-0.2, 0) is 0 Å². The maximum Gasteiger partial charge on any atom is 0.134 e. The first-order valence-electron chi connectivity index (χ1n) is 5.01. The number of hydrogen-bond acceptors (Lipinski definition) is 3. The van der Waals surface area contributed by atoms with E-state index in [0.29, 0.717) is 21.7 Å². The Morgan fingerprint density at radius 2 is 1.94 bits per heavy atom. The van der Waals surface area contributed by atoms with E-state index in [2.05, 4.69) is 10.3 Å². The highest BCUT2D eigenvalue weighted by atomic mass is 35.5. The van der Waals surface area contributed by atoms with Crippen molar-refractivity contribution in [1.82, 2.24) is 4.98 Å². The number of aromatic nitrogens is 1. The molecule has 3 nitrogen and oxygen atoms in total. The molecule has 0 saturated heterocycles. The molecule has 0 amide bonds. The van der Waals surface area contributed by atoms with E-state index in [1.807, 2.05) is 25.1 Å². The molecule has 5 heteroatoms. The van der Waals surface area contributed by atoms with Crippen molar-refractivity contribution in [2.45, 2.75) is 6.92 Å². The number of nitrogens with zero attached hydrogens (tertiary/aromatic N) is 1. The Hall–Kier alpha value is -1.45. The van der Waals surface area contributed by atoms with Crippen LogP contribution < -0.4 is 11.1 Å². The average molecular weight is 268 g/mol. The van der Waals surface area contributed by atoms with Gasteiger partial charge in [0, 0.05) is 11.8 Å². The van der Waals surface area contributed by atoms with Crippen LogP contribution >= 0.6 is 23.2 Å². The second-order valence-corrected chi connectivity index (χ2v) is 4.51. The predicted molar refractivity (Wildman–Crippen MR) is 73.1 cm³/mol. The van der Waals surface area contributed by atoms with Gasteiger partial charge in [-0.1, -0.05) is 29.3 Å². The number of nitrogens with one attached hydrogen (secondary N) is 1. The number of aryl methyl sites for hydroxylation is 1. The largest absolute Gasteiger partial charge is 0.399 e. The van der Waals surface area contributed by atoms with E-state index in [-0.39, 0.29) is 0 Å². The number of halogens is 2. The van der Waals surface area contributed by atoms with Gasteiger partial charge in [-0.05, 0) is 30.7 Å². The monoisotopic (exact) mass is 267 g/mol. The van der Waals surface area contributed by atoms with Crippen LogP contribution in [0, 0.1) is 6.92 Å². The Balaban J connectivity index is 2.31. The van der Waals surface area contributed by atoms with Crippen LogP contribution in [0.4, 0.5) is 17.2 Å². The molecule has 0 unspecified atom stereocenters. The topological polar surface area (TPSA) is 50.9 Å². The molecule has 2 aromatic rings. The first kappa shape index (κ1) is 12.0. The van der Waals surface area contributed by atoms with Crippen molar-refractivity contribution >= 4 is 40.4 Å². The molecular formula is C12H11Cl2N3. The fourth-order valence-electron chi connectivity index (χ4n) is 1.44. The van der Waals surface area contributed by atoms with Gasteiger partial charge in [-0.3, -0.25) is 0 Å². The minimum atomic E-state index is 0.343. The summed E-state index contributed by atoms with van der Waals surface area (Å²) in [7, 11) is 0. The van der Waals surface area contributed by atoms with Crippen molar-refractivity contribution in [2.24, 2.45) is 0 Å². The first-order valence-corrected chi connectivity index (χ1v) is 5.76. The number of benzene rings is 1. The highest BCUT2D eigenvalue weighted by Crippen LogP contribution is 2.27. The maximum atomic E-state index is 6.10. The molecule has 1 aromatic carbocycles. The lowest BCUT2D eigenvalue weighted by Crippen LogP contribution is -1.96. The molecule has 88 valence electrons. The zero-order valence-corrected chi connectivity index (χ0v) is 10.7. The van der Waals surface area contributed by atoms with Crippen molar-refractivity contribution < 1.29 is 0 Å². The van der Waals surface area contributed by atoms with Crippen molar-refractivity contribution in [1.29, 1.82) is 0 Å². The van der Waals surface area contributed by atoms with Gasteiger partial charge in [-0.25, -0.2) is 4.98 Å². The number of hydrogen-bond donors (Lipinski definition) is 2. The predicted octanol–water partition coefficient (Wildman–Crippen LogP) is 4.02. The van der Waals surface area contributed by atoms with E-state index >= 15 is 0 Å². The molecule has 0 bridgehead atoms. The van der Waals surface area contributed by atoms with Crippen molar-refractivity contribution in [3.8, 4) is 0 Å². The molecule has 3 N–H and O–H groups in total. The van der Waals surface area contributed by atoms with Crippen molar-refractivity contribution in [2.75, 3.05) is 11.1 Å². The lowest BCUT2D eigenvalue weighted by Gasteiger charge is -2.09. The highest BCUT2D eigenvalue weighted by molar-refractivity contribution is 6.33. The Kier molecular flexibility index (Phi) is 3.41. The van der Waals surface area contributed by atoms with Gasteiger partial charge in [0.05, 0.1) is 10.7 Å². The molecular weight excluding hydrogens is 257 g/mol. The first-order chi connectivity index (χ1) is 8.04. The van der Waals surface area contributed by atoms with Crippen LogP contribution in [0.25, 0.3) is 0 Å². The summed E-state index contributed by atoms with van der Waals surface area (Å²) < 4.78 is 0. The van der Waals surface area contributed by atoms with E-state index in [1.165, 1.54) is 0 Å². The minimum Gasteiger partial charge on any atom is -0.399 e. The van der Waals surface area contributed by atoms with Gasteiger partial charge < -0.3 is 11.1 Å². The van der Waals surface area contributed by atoms with Crippen LogP contribution in [0.1, 0.15) is 5.56 Å². The van der Waals surface area contributed by atoms with Gasteiger partial charge in [0.1, 0.15) is 11.0 Å². The second-order valence-electron chi connectivity index (χ2n) is 3.72. The molecule has 0 aliphatic rings. The number of nitrogens with two attached hydrogens (primary N) is 1. The molecule has 0 aliphatic heterocycles. The molecule has 0 aliphatic carbocycles. The van der Waals surface area contributed by atoms with Crippen LogP contribution in [0.3, 0.4) is 0 Å². The quantitative estimate of drug-likeness (QED) is 0.808. The van der Waals surface area contributed by atoms with E-state index in [1.54, 1.807) is 12.1 Å². The molecule has 0 atom stereocenters. The van der Waals surface area contributed by atoms with E-state index in [9.17, 15) is 0 Å². The fourth-order valence-corrected chi connectivity index (χ4v) is 1.94. The van der Waals surface area contributed by atoms with E-state index in [4.69, 9.17) is 28.9 Å². The van der Waals surface area contributed by atoms with Gasteiger partial charge in [0.25, 0.3) is 0 Å². The Morgan fingerprint density at radius 3 is 2.59 bits per heavy atom. The number of anilines is 3. The van der Waals surface area contributed by atoms with Gasteiger partial charge in [0.2, 0.25) is 0 Å². The number of rotatable bonds is 2. The smallest absolute Gasteiger partial charge is 0.134 e. The Labute approximate surface area is 110 Å². The van der Waals surface area contributed by atoms with Crippen LogP contribution in [-0.4, -0.2) is 4.98 Å². The maximum absolute atomic E-state index is 6.10. The summed E-state index contributed by atoms with van der Waals surface area (Å²) in [6.45, 7) is 1.98.